The summed E-state index contributed by atoms with van der Waals surface area (Å²) in [5.41, 5.74) is 5.75. The molecule has 3 aliphatic carbocycles. The van der Waals surface area contributed by atoms with E-state index in [1.807, 2.05) is 0 Å². The predicted molar refractivity (Wildman–Crippen MR) is 123 cm³/mol. The smallest absolute Gasteiger partial charge is 0.0809 e. The SMILES string of the molecule is CC(C)(C)C(C)(C)CSC1CC(C2=CC=CCC2)=C2C(C1)OC1CCCCC21. The van der Waals surface area contributed by atoms with Crippen LogP contribution >= 0.6 is 11.8 Å². The molecule has 1 nitrogen and oxygen atoms in total. The molecule has 1 saturated heterocycles. The van der Waals surface area contributed by atoms with Crippen LogP contribution in [0.2, 0.25) is 0 Å². The van der Waals surface area contributed by atoms with E-state index in [0.29, 0.717) is 28.3 Å². The van der Waals surface area contributed by atoms with Crippen LogP contribution in [0.3, 0.4) is 0 Å². The van der Waals surface area contributed by atoms with Gasteiger partial charge in [-0.1, -0.05) is 65.7 Å². The van der Waals surface area contributed by atoms with Gasteiger partial charge in [0, 0.05) is 11.2 Å². The fraction of sp³-hybridized carbons (Fsp3) is 0.769. The molecule has 0 radical (unpaired) electrons. The highest BCUT2D eigenvalue weighted by molar-refractivity contribution is 7.99. The minimum Gasteiger partial charge on any atom is -0.370 e. The van der Waals surface area contributed by atoms with E-state index in [2.05, 4.69) is 64.6 Å². The molecule has 1 heterocycles. The van der Waals surface area contributed by atoms with Crippen molar-refractivity contribution >= 4 is 11.8 Å². The van der Waals surface area contributed by atoms with E-state index in [0.717, 1.165) is 5.92 Å². The van der Waals surface area contributed by atoms with Crippen LogP contribution in [0.4, 0.5) is 0 Å². The Labute approximate surface area is 177 Å². The molecular weight excluding hydrogens is 360 g/mol. The van der Waals surface area contributed by atoms with Gasteiger partial charge in [0.25, 0.3) is 0 Å². The Morgan fingerprint density at radius 1 is 1.11 bits per heavy atom. The Hall–Kier alpha value is -0.470. The summed E-state index contributed by atoms with van der Waals surface area (Å²) in [7, 11) is 0. The Bertz CT molecular complexity index is 675. The maximum Gasteiger partial charge on any atom is 0.0809 e. The van der Waals surface area contributed by atoms with Crippen LogP contribution in [-0.4, -0.2) is 23.2 Å². The molecule has 4 unspecified atom stereocenters. The maximum absolute atomic E-state index is 6.70. The molecule has 1 saturated carbocycles. The molecule has 4 rings (SSSR count). The van der Waals surface area contributed by atoms with Crippen molar-refractivity contribution in [1.82, 2.24) is 0 Å². The normalized spacial score (nSPS) is 33.5. The Morgan fingerprint density at radius 2 is 1.89 bits per heavy atom. The van der Waals surface area contributed by atoms with Crippen molar-refractivity contribution in [3.05, 3.63) is 34.9 Å². The summed E-state index contributed by atoms with van der Waals surface area (Å²) in [5, 5.41) is 0.706. The zero-order chi connectivity index (χ0) is 19.9. The van der Waals surface area contributed by atoms with Crippen molar-refractivity contribution in [2.75, 3.05) is 5.75 Å². The van der Waals surface area contributed by atoms with E-state index in [1.54, 1.807) is 16.7 Å². The lowest BCUT2D eigenvalue weighted by Crippen LogP contribution is -2.34. The van der Waals surface area contributed by atoms with Gasteiger partial charge in [0.15, 0.2) is 0 Å². The molecule has 156 valence electrons. The average molecular weight is 401 g/mol. The molecule has 0 spiro atoms. The van der Waals surface area contributed by atoms with Crippen LogP contribution in [0.25, 0.3) is 0 Å². The zero-order valence-electron chi connectivity index (χ0n) is 18.7. The van der Waals surface area contributed by atoms with Gasteiger partial charge < -0.3 is 4.74 Å². The Kier molecular flexibility index (Phi) is 5.93. The van der Waals surface area contributed by atoms with E-state index >= 15 is 0 Å². The molecular formula is C26H40OS. The van der Waals surface area contributed by atoms with E-state index in [-0.39, 0.29) is 0 Å². The van der Waals surface area contributed by atoms with E-state index < -0.39 is 0 Å². The molecule has 2 fully saturated rings. The van der Waals surface area contributed by atoms with Crippen LogP contribution in [0.15, 0.2) is 34.9 Å². The number of hydrogen-bond acceptors (Lipinski definition) is 2. The highest BCUT2D eigenvalue weighted by Crippen LogP contribution is 2.51. The molecule has 28 heavy (non-hydrogen) atoms. The lowest BCUT2D eigenvalue weighted by molar-refractivity contribution is 0.0170. The standard InChI is InChI=1S/C26H40OS/c1-25(2,3)26(4,5)17-28-19-15-21(18-11-7-6-8-12-18)24-20-13-9-10-14-22(20)27-23(24)16-19/h6-7,11,19-20,22-23H,8-10,12-17H2,1-5H3. The molecule has 0 aromatic carbocycles. The summed E-state index contributed by atoms with van der Waals surface area (Å²) >= 11 is 2.22. The molecule has 0 aromatic heterocycles. The number of allylic oxidation sites excluding steroid dienone is 5. The van der Waals surface area contributed by atoms with Gasteiger partial charge in [0.05, 0.1) is 12.2 Å². The second-order valence-electron chi connectivity index (χ2n) is 11.2. The summed E-state index contributed by atoms with van der Waals surface area (Å²) in [5.74, 6) is 1.96. The summed E-state index contributed by atoms with van der Waals surface area (Å²) in [4.78, 5) is 0. The number of thioether (sulfide) groups is 1. The zero-order valence-corrected chi connectivity index (χ0v) is 19.5. The van der Waals surface area contributed by atoms with Gasteiger partial charge in [-0.15, -0.1) is 0 Å². The average Bonchev–Trinajstić information content (AvgIpc) is 3.04. The molecule has 0 aromatic rings. The summed E-state index contributed by atoms with van der Waals surface area (Å²) in [6.07, 6.45) is 18.3. The lowest BCUT2D eigenvalue weighted by Gasteiger charge is -2.40. The van der Waals surface area contributed by atoms with Crippen LogP contribution in [0.5, 0.6) is 0 Å². The van der Waals surface area contributed by atoms with Crippen molar-refractivity contribution in [3.8, 4) is 0 Å². The fourth-order valence-electron chi connectivity index (χ4n) is 5.25. The molecule has 0 amide bonds. The monoisotopic (exact) mass is 400 g/mol. The highest BCUT2D eigenvalue weighted by atomic mass is 32.2. The van der Waals surface area contributed by atoms with Crippen molar-refractivity contribution in [3.63, 3.8) is 0 Å². The van der Waals surface area contributed by atoms with Crippen LogP contribution in [0, 0.1) is 16.7 Å². The lowest BCUT2D eigenvalue weighted by atomic mass is 9.71. The number of hydrogen-bond donors (Lipinski definition) is 0. The minimum absolute atomic E-state index is 0.341. The molecule has 2 heteroatoms. The second-order valence-corrected chi connectivity index (χ2v) is 12.4. The van der Waals surface area contributed by atoms with E-state index in [4.69, 9.17) is 4.74 Å². The first-order valence-electron chi connectivity index (χ1n) is 11.6. The maximum atomic E-state index is 6.70. The first-order valence-corrected chi connectivity index (χ1v) is 12.7. The summed E-state index contributed by atoms with van der Waals surface area (Å²) in [6.45, 7) is 12.1. The van der Waals surface area contributed by atoms with Crippen molar-refractivity contribution in [2.45, 2.75) is 103 Å². The summed E-state index contributed by atoms with van der Waals surface area (Å²) in [6, 6.07) is 0. The van der Waals surface area contributed by atoms with Crippen LogP contribution in [-0.2, 0) is 4.74 Å². The van der Waals surface area contributed by atoms with Crippen molar-refractivity contribution in [1.29, 1.82) is 0 Å². The quantitative estimate of drug-likeness (QED) is 0.483. The van der Waals surface area contributed by atoms with Gasteiger partial charge >= 0.3 is 0 Å². The fourth-order valence-corrected chi connectivity index (χ4v) is 6.93. The number of rotatable bonds is 4. The third-order valence-corrected chi connectivity index (χ3v) is 9.88. The van der Waals surface area contributed by atoms with E-state index in [9.17, 15) is 0 Å². The van der Waals surface area contributed by atoms with Gasteiger partial charge in [-0.2, -0.15) is 11.8 Å². The van der Waals surface area contributed by atoms with Gasteiger partial charge in [-0.3, -0.25) is 0 Å². The largest absolute Gasteiger partial charge is 0.370 e. The number of fused-ring (bicyclic) bond motifs is 3. The molecule has 1 aliphatic heterocycles. The van der Waals surface area contributed by atoms with Gasteiger partial charge in [0.2, 0.25) is 0 Å². The van der Waals surface area contributed by atoms with Gasteiger partial charge in [-0.25, -0.2) is 0 Å². The topological polar surface area (TPSA) is 9.23 Å². The summed E-state index contributed by atoms with van der Waals surface area (Å²) < 4.78 is 6.70. The van der Waals surface area contributed by atoms with E-state index in [1.165, 1.54) is 57.1 Å². The molecule has 0 N–H and O–H groups in total. The first-order chi connectivity index (χ1) is 13.3. The van der Waals surface area contributed by atoms with Gasteiger partial charge in [0.1, 0.15) is 0 Å². The molecule has 0 bridgehead atoms. The predicted octanol–water partition coefficient (Wildman–Crippen LogP) is 7.48. The third kappa shape index (κ3) is 4.06. The highest BCUT2D eigenvalue weighted by Gasteiger charge is 2.46. The van der Waals surface area contributed by atoms with Crippen LogP contribution in [0.1, 0.15) is 86.0 Å². The first kappa shape index (κ1) is 20.8. The third-order valence-electron chi connectivity index (χ3n) is 8.16. The van der Waals surface area contributed by atoms with Gasteiger partial charge in [-0.05, 0) is 71.8 Å². The van der Waals surface area contributed by atoms with Crippen molar-refractivity contribution in [2.24, 2.45) is 16.7 Å². The Morgan fingerprint density at radius 3 is 2.61 bits per heavy atom. The second kappa shape index (κ2) is 7.99. The van der Waals surface area contributed by atoms with Crippen LogP contribution < -0.4 is 0 Å². The molecule has 4 atom stereocenters. The Balaban J connectivity index is 1.57. The minimum atomic E-state index is 0.341. The number of ether oxygens (including phenoxy) is 1. The van der Waals surface area contributed by atoms with Crippen molar-refractivity contribution < 1.29 is 4.74 Å². The molecule has 4 aliphatic rings.